The number of benzene rings is 2. The zero-order valence-electron chi connectivity index (χ0n) is 16.3. The minimum Gasteiger partial charge on any atom is -0.326 e. The molecule has 2 N–H and O–H groups in total. The van der Waals surface area contributed by atoms with E-state index in [1.165, 1.54) is 30.0 Å². The van der Waals surface area contributed by atoms with Gasteiger partial charge in [-0.3, -0.25) is 9.59 Å². The van der Waals surface area contributed by atoms with Gasteiger partial charge in [0.1, 0.15) is 0 Å². The highest BCUT2D eigenvalue weighted by atomic mass is 32.2. The van der Waals surface area contributed by atoms with Crippen LogP contribution < -0.4 is 10.6 Å². The standard InChI is InChI=1S/C20H19F3N2O4S2/c1-12-11-30-17-6-5-15(10-16(17)25-19(12)27)31(28,29)8-7-18(26)24-14-4-2-3-13(9-14)20(21,22)23/h2-6,9-10,12H,7-8,11H2,1H3,(H,24,26)(H,25,27)/t12-/m1/s1. The SMILES string of the molecule is C[C@@H]1CSc2ccc(S(=O)(=O)CCC(=O)Nc3cccc(C(F)(F)F)c3)cc2NC1=O. The normalized spacial score (nSPS) is 16.8. The molecule has 0 saturated heterocycles. The lowest BCUT2D eigenvalue weighted by Gasteiger charge is -2.11. The van der Waals surface area contributed by atoms with E-state index in [1.54, 1.807) is 13.0 Å². The van der Waals surface area contributed by atoms with Gasteiger partial charge in [0, 0.05) is 28.7 Å². The van der Waals surface area contributed by atoms with Crippen LogP contribution in [0.5, 0.6) is 0 Å². The highest BCUT2D eigenvalue weighted by Crippen LogP contribution is 2.34. The highest BCUT2D eigenvalue weighted by molar-refractivity contribution is 7.99. The molecular formula is C20H19F3N2O4S2. The fourth-order valence-electron chi connectivity index (χ4n) is 2.81. The van der Waals surface area contributed by atoms with E-state index in [0.29, 0.717) is 11.4 Å². The van der Waals surface area contributed by atoms with Crippen LogP contribution in [-0.2, 0) is 25.6 Å². The summed E-state index contributed by atoms with van der Waals surface area (Å²) in [7, 11) is -3.86. The Balaban J connectivity index is 1.67. The first kappa shape index (κ1) is 23.1. The number of carbonyl (C=O) groups is 2. The van der Waals surface area contributed by atoms with Crippen LogP contribution in [0.15, 0.2) is 52.3 Å². The zero-order valence-corrected chi connectivity index (χ0v) is 18.0. The zero-order chi connectivity index (χ0) is 22.8. The summed E-state index contributed by atoms with van der Waals surface area (Å²) in [6.07, 6.45) is -4.99. The van der Waals surface area contributed by atoms with Crippen molar-refractivity contribution in [3.05, 3.63) is 48.0 Å². The van der Waals surface area contributed by atoms with Crippen LogP contribution in [0.25, 0.3) is 0 Å². The summed E-state index contributed by atoms with van der Waals surface area (Å²) in [4.78, 5) is 24.8. The second-order valence-corrected chi connectivity index (χ2v) is 10.2. The number of hydrogen-bond donors (Lipinski definition) is 2. The smallest absolute Gasteiger partial charge is 0.326 e. The third-order valence-electron chi connectivity index (χ3n) is 4.58. The third kappa shape index (κ3) is 5.79. The van der Waals surface area contributed by atoms with Gasteiger partial charge in [0.25, 0.3) is 0 Å². The molecule has 0 spiro atoms. The van der Waals surface area contributed by atoms with Crippen molar-refractivity contribution in [1.82, 2.24) is 0 Å². The molecule has 0 aliphatic carbocycles. The lowest BCUT2D eigenvalue weighted by Crippen LogP contribution is -2.20. The van der Waals surface area contributed by atoms with Gasteiger partial charge in [0.15, 0.2) is 9.84 Å². The Morgan fingerprint density at radius 2 is 1.97 bits per heavy atom. The van der Waals surface area contributed by atoms with Gasteiger partial charge in [-0.25, -0.2) is 8.42 Å². The van der Waals surface area contributed by atoms with Crippen molar-refractivity contribution in [2.75, 3.05) is 22.1 Å². The second-order valence-electron chi connectivity index (χ2n) is 7.05. The number of amides is 2. The molecule has 1 heterocycles. The minimum atomic E-state index is -4.55. The molecule has 166 valence electrons. The van der Waals surface area contributed by atoms with E-state index in [2.05, 4.69) is 10.6 Å². The topological polar surface area (TPSA) is 92.3 Å². The molecule has 0 fully saturated rings. The quantitative estimate of drug-likeness (QED) is 0.681. The van der Waals surface area contributed by atoms with E-state index in [9.17, 15) is 31.2 Å². The minimum absolute atomic E-state index is 0.0476. The Labute approximate surface area is 181 Å². The van der Waals surface area contributed by atoms with Gasteiger partial charge < -0.3 is 10.6 Å². The molecule has 0 aromatic heterocycles. The third-order valence-corrected chi connectivity index (χ3v) is 7.62. The molecule has 11 heteroatoms. The monoisotopic (exact) mass is 472 g/mol. The van der Waals surface area contributed by atoms with E-state index in [1.807, 2.05) is 0 Å². The van der Waals surface area contributed by atoms with Gasteiger partial charge in [-0.15, -0.1) is 11.8 Å². The maximum Gasteiger partial charge on any atom is 0.416 e. The van der Waals surface area contributed by atoms with E-state index in [0.717, 1.165) is 23.1 Å². The number of anilines is 2. The first-order chi connectivity index (χ1) is 14.5. The number of halogens is 3. The van der Waals surface area contributed by atoms with Gasteiger partial charge in [0.05, 0.1) is 21.9 Å². The van der Waals surface area contributed by atoms with Crippen LogP contribution >= 0.6 is 11.8 Å². The lowest BCUT2D eigenvalue weighted by molar-refractivity contribution is -0.137. The first-order valence-corrected chi connectivity index (χ1v) is 11.9. The Kier molecular flexibility index (Phi) is 6.65. The number of nitrogens with one attached hydrogen (secondary N) is 2. The Bertz CT molecular complexity index is 1120. The van der Waals surface area contributed by atoms with Gasteiger partial charge in [-0.2, -0.15) is 13.2 Å². The molecule has 0 bridgehead atoms. The maximum absolute atomic E-state index is 12.8. The fraction of sp³-hybridized carbons (Fsp3) is 0.300. The van der Waals surface area contributed by atoms with Crippen molar-refractivity contribution in [3.63, 3.8) is 0 Å². The highest BCUT2D eigenvalue weighted by Gasteiger charge is 2.30. The van der Waals surface area contributed by atoms with Gasteiger partial charge in [-0.1, -0.05) is 13.0 Å². The number of rotatable bonds is 5. The molecule has 0 radical (unpaired) electrons. The Hall–Kier alpha value is -2.53. The Morgan fingerprint density at radius 1 is 1.23 bits per heavy atom. The predicted molar refractivity (Wildman–Crippen MR) is 112 cm³/mol. The van der Waals surface area contributed by atoms with Crippen molar-refractivity contribution in [2.45, 2.75) is 29.3 Å². The van der Waals surface area contributed by atoms with Crippen molar-refractivity contribution in [3.8, 4) is 0 Å². The van der Waals surface area contributed by atoms with E-state index < -0.39 is 39.7 Å². The number of alkyl halides is 3. The summed E-state index contributed by atoms with van der Waals surface area (Å²) in [6, 6.07) is 8.46. The van der Waals surface area contributed by atoms with Gasteiger partial charge in [-0.05, 0) is 36.4 Å². The fourth-order valence-corrected chi connectivity index (χ4v) is 5.09. The molecule has 0 unspecified atom stereocenters. The van der Waals surface area contributed by atoms with E-state index >= 15 is 0 Å². The van der Waals surface area contributed by atoms with Crippen LogP contribution in [0.1, 0.15) is 18.9 Å². The number of thioether (sulfide) groups is 1. The molecule has 1 atom stereocenters. The number of sulfone groups is 1. The average molecular weight is 473 g/mol. The van der Waals surface area contributed by atoms with Gasteiger partial charge >= 0.3 is 6.18 Å². The summed E-state index contributed by atoms with van der Waals surface area (Å²) in [5.41, 5.74) is -0.595. The number of carbonyl (C=O) groups excluding carboxylic acids is 2. The molecule has 2 amide bonds. The molecule has 6 nitrogen and oxygen atoms in total. The lowest BCUT2D eigenvalue weighted by atomic mass is 10.2. The summed E-state index contributed by atoms with van der Waals surface area (Å²) in [5.74, 6) is -1.12. The molecule has 0 saturated carbocycles. The number of hydrogen-bond acceptors (Lipinski definition) is 5. The molecule has 2 aromatic carbocycles. The summed E-state index contributed by atoms with van der Waals surface area (Å²) < 4.78 is 63.6. The molecule has 3 rings (SSSR count). The van der Waals surface area contributed by atoms with Crippen molar-refractivity contribution in [2.24, 2.45) is 5.92 Å². The second kappa shape index (κ2) is 8.91. The molecule has 2 aromatic rings. The summed E-state index contributed by atoms with van der Waals surface area (Å²) >= 11 is 1.44. The Morgan fingerprint density at radius 3 is 2.68 bits per heavy atom. The number of fused-ring (bicyclic) bond motifs is 1. The maximum atomic E-state index is 12.8. The van der Waals surface area contributed by atoms with Crippen LogP contribution in [0.2, 0.25) is 0 Å². The van der Waals surface area contributed by atoms with Crippen LogP contribution in [0, 0.1) is 5.92 Å². The molecule has 1 aliphatic heterocycles. The van der Waals surface area contributed by atoms with Crippen LogP contribution in [0.3, 0.4) is 0 Å². The van der Waals surface area contributed by atoms with Gasteiger partial charge in [0.2, 0.25) is 11.8 Å². The largest absolute Gasteiger partial charge is 0.416 e. The van der Waals surface area contributed by atoms with Crippen molar-refractivity contribution >= 4 is 44.8 Å². The molecule has 31 heavy (non-hydrogen) atoms. The van der Waals surface area contributed by atoms with Crippen LogP contribution in [0.4, 0.5) is 24.5 Å². The molecule has 1 aliphatic rings. The van der Waals surface area contributed by atoms with Crippen molar-refractivity contribution < 1.29 is 31.2 Å². The predicted octanol–water partition coefficient (Wildman–Crippen LogP) is 4.19. The van der Waals surface area contributed by atoms with Crippen molar-refractivity contribution in [1.29, 1.82) is 0 Å². The van der Waals surface area contributed by atoms with E-state index in [4.69, 9.17) is 0 Å². The molecular weight excluding hydrogens is 453 g/mol. The van der Waals surface area contributed by atoms with Crippen LogP contribution in [-0.4, -0.2) is 31.7 Å². The summed E-state index contributed by atoms with van der Waals surface area (Å²) in [5, 5.41) is 4.99. The average Bonchev–Trinajstić information content (AvgIpc) is 2.84. The summed E-state index contributed by atoms with van der Waals surface area (Å²) in [6.45, 7) is 1.77. The van der Waals surface area contributed by atoms with E-state index in [-0.39, 0.29) is 22.4 Å². The first-order valence-electron chi connectivity index (χ1n) is 9.23.